The molecule has 2 atom stereocenters. The second-order valence-corrected chi connectivity index (χ2v) is 5.95. The molecule has 2 aliphatic rings. The SMILES string of the molecule is CC1(C)C(O)CC1NC(=O)COC1CCNCC1. The minimum absolute atomic E-state index is 0.0663. The van der Waals surface area contributed by atoms with Gasteiger partial charge in [-0.25, -0.2) is 0 Å². The number of carbonyl (C=O) groups is 1. The number of carbonyl (C=O) groups excluding carboxylic acids is 1. The highest BCUT2D eigenvalue weighted by Gasteiger charge is 2.47. The van der Waals surface area contributed by atoms with Crippen LogP contribution in [-0.4, -0.2) is 49.0 Å². The Hall–Kier alpha value is -0.650. The number of amides is 1. The zero-order chi connectivity index (χ0) is 13.2. The summed E-state index contributed by atoms with van der Waals surface area (Å²) >= 11 is 0. The minimum Gasteiger partial charge on any atom is -0.392 e. The van der Waals surface area contributed by atoms with Crippen molar-refractivity contribution in [2.45, 2.75) is 51.4 Å². The van der Waals surface area contributed by atoms with Gasteiger partial charge in [0.1, 0.15) is 6.61 Å². The fourth-order valence-electron chi connectivity index (χ4n) is 2.54. The van der Waals surface area contributed by atoms with Gasteiger partial charge in [0, 0.05) is 11.5 Å². The minimum atomic E-state index is -0.312. The van der Waals surface area contributed by atoms with Gasteiger partial charge in [-0.05, 0) is 32.4 Å². The standard InChI is InChI=1S/C13H24N2O3/c1-13(2)10(7-11(13)16)15-12(17)8-18-9-3-5-14-6-4-9/h9-11,14,16H,3-8H2,1-2H3,(H,15,17). The summed E-state index contributed by atoms with van der Waals surface area (Å²) in [7, 11) is 0. The fraction of sp³-hybridized carbons (Fsp3) is 0.923. The number of aliphatic hydroxyl groups excluding tert-OH is 1. The molecule has 1 heterocycles. The van der Waals surface area contributed by atoms with E-state index in [2.05, 4.69) is 10.6 Å². The molecule has 1 saturated heterocycles. The molecule has 1 aliphatic heterocycles. The first-order valence-corrected chi connectivity index (χ1v) is 6.80. The normalized spacial score (nSPS) is 31.7. The molecule has 5 nitrogen and oxygen atoms in total. The van der Waals surface area contributed by atoms with Crippen LogP contribution in [0.1, 0.15) is 33.1 Å². The molecule has 18 heavy (non-hydrogen) atoms. The largest absolute Gasteiger partial charge is 0.392 e. The maximum atomic E-state index is 11.7. The summed E-state index contributed by atoms with van der Waals surface area (Å²) in [5.41, 5.74) is -0.218. The number of nitrogens with one attached hydrogen (secondary N) is 2. The van der Waals surface area contributed by atoms with Crippen molar-refractivity contribution in [1.29, 1.82) is 0 Å². The van der Waals surface area contributed by atoms with Crippen molar-refractivity contribution in [1.82, 2.24) is 10.6 Å². The highest BCUT2D eigenvalue weighted by atomic mass is 16.5. The first-order valence-electron chi connectivity index (χ1n) is 6.80. The van der Waals surface area contributed by atoms with Crippen LogP contribution in [0.3, 0.4) is 0 Å². The van der Waals surface area contributed by atoms with Gasteiger partial charge in [0.15, 0.2) is 0 Å². The number of hydrogen-bond donors (Lipinski definition) is 3. The van der Waals surface area contributed by atoms with Crippen LogP contribution in [-0.2, 0) is 9.53 Å². The number of hydrogen-bond acceptors (Lipinski definition) is 4. The molecular formula is C13H24N2O3. The molecule has 1 saturated carbocycles. The van der Waals surface area contributed by atoms with E-state index in [1.54, 1.807) is 0 Å². The van der Waals surface area contributed by atoms with Gasteiger partial charge in [-0.2, -0.15) is 0 Å². The van der Waals surface area contributed by atoms with Gasteiger partial charge in [-0.3, -0.25) is 4.79 Å². The predicted octanol–water partition coefficient (Wildman–Crippen LogP) is 0.0306. The molecule has 5 heteroatoms. The number of piperidine rings is 1. The van der Waals surface area contributed by atoms with Crippen LogP contribution in [0.5, 0.6) is 0 Å². The summed E-state index contributed by atoms with van der Waals surface area (Å²) in [5.74, 6) is -0.0708. The van der Waals surface area contributed by atoms with Crippen LogP contribution in [0.25, 0.3) is 0 Å². The van der Waals surface area contributed by atoms with E-state index in [0.29, 0.717) is 6.42 Å². The molecule has 0 radical (unpaired) electrons. The second-order valence-electron chi connectivity index (χ2n) is 5.95. The van der Waals surface area contributed by atoms with E-state index in [-0.39, 0.29) is 36.2 Å². The Kier molecular flexibility index (Phi) is 4.25. The van der Waals surface area contributed by atoms with Crippen molar-refractivity contribution in [3.05, 3.63) is 0 Å². The van der Waals surface area contributed by atoms with E-state index in [1.807, 2.05) is 13.8 Å². The summed E-state index contributed by atoms with van der Waals surface area (Å²) in [5, 5.41) is 15.8. The summed E-state index contributed by atoms with van der Waals surface area (Å²) in [6.07, 6.45) is 2.48. The summed E-state index contributed by atoms with van der Waals surface area (Å²) in [6, 6.07) is 0.0663. The zero-order valence-corrected chi connectivity index (χ0v) is 11.2. The van der Waals surface area contributed by atoms with Crippen molar-refractivity contribution < 1.29 is 14.6 Å². The second kappa shape index (κ2) is 5.55. The van der Waals surface area contributed by atoms with Gasteiger partial charge in [0.25, 0.3) is 0 Å². The van der Waals surface area contributed by atoms with Gasteiger partial charge < -0.3 is 20.5 Å². The molecule has 0 aromatic heterocycles. The van der Waals surface area contributed by atoms with E-state index in [0.717, 1.165) is 25.9 Å². The van der Waals surface area contributed by atoms with Gasteiger partial charge in [0.05, 0.1) is 12.2 Å². The number of rotatable bonds is 4. The van der Waals surface area contributed by atoms with Gasteiger partial charge in [-0.15, -0.1) is 0 Å². The molecule has 0 spiro atoms. The number of ether oxygens (including phenoxy) is 1. The van der Waals surface area contributed by atoms with Crippen molar-refractivity contribution in [2.75, 3.05) is 19.7 Å². The van der Waals surface area contributed by atoms with Crippen LogP contribution in [0, 0.1) is 5.41 Å². The van der Waals surface area contributed by atoms with Crippen LogP contribution in [0.2, 0.25) is 0 Å². The van der Waals surface area contributed by atoms with Crippen LogP contribution >= 0.6 is 0 Å². The smallest absolute Gasteiger partial charge is 0.246 e. The Balaban J connectivity index is 1.66. The Labute approximate surface area is 108 Å². The van der Waals surface area contributed by atoms with E-state index in [1.165, 1.54) is 0 Å². The van der Waals surface area contributed by atoms with Gasteiger partial charge in [0.2, 0.25) is 5.91 Å². The molecule has 2 rings (SSSR count). The monoisotopic (exact) mass is 256 g/mol. The Morgan fingerprint density at radius 1 is 1.44 bits per heavy atom. The van der Waals surface area contributed by atoms with Crippen molar-refractivity contribution in [3.63, 3.8) is 0 Å². The van der Waals surface area contributed by atoms with Crippen LogP contribution in [0.15, 0.2) is 0 Å². The lowest BCUT2D eigenvalue weighted by Crippen LogP contribution is -2.61. The average molecular weight is 256 g/mol. The highest BCUT2D eigenvalue weighted by molar-refractivity contribution is 5.77. The fourth-order valence-corrected chi connectivity index (χ4v) is 2.54. The van der Waals surface area contributed by atoms with Crippen molar-refractivity contribution >= 4 is 5.91 Å². The molecule has 0 aromatic carbocycles. The maximum absolute atomic E-state index is 11.7. The van der Waals surface area contributed by atoms with E-state index >= 15 is 0 Å². The first-order chi connectivity index (χ1) is 8.50. The van der Waals surface area contributed by atoms with E-state index in [4.69, 9.17) is 4.74 Å². The maximum Gasteiger partial charge on any atom is 0.246 e. The Morgan fingerprint density at radius 2 is 2.11 bits per heavy atom. The first kappa shape index (κ1) is 13.8. The average Bonchev–Trinajstić information content (AvgIpc) is 2.37. The summed E-state index contributed by atoms with van der Waals surface area (Å²) < 4.78 is 5.59. The highest BCUT2D eigenvalue weighted by Crippen LogP contribution is 2.40. The number of aliphatic hydroxyl groups is 1. The predicted molar refractivity (Wildman–Crippen MR) is 68.2 cm³/mol. The molecule has 104 valence electrons. The van der Waals surface area contributed by atoms with E-state index < -0.39 is 0 Å². The lowest BCUT2D eigenvalue weighted by Gasteiger charge is -2.49. The third-order valence-corrected chi connectivity index (χ3v) is 4.29. The Morgan fingerprint density at radius 3 is 2.67 bits per heavy atom. The van der Waals surface area contributed by atoms with Gasteiger partial charge in [-0.1, -0.05) is 13.8 Å². The molecule has 1 aliphatic carbocycles. The topological polar surface area (TPSA) is 70.6 Å². The lowest BCUT2D eigenvalue weighted by atomic mass is 9.64. The molecular weight excluding hydrogens is 232 g/mol. The zero-order valence-electron chi connectivity index (χ0n) is 11.2. The molecule has 2 fully saturated rings. The third kappa shape index (κ3) is 3.02. The van der Waals surface area contributed by atoms with Crippen molar-refractivity contribution in [2.24, 2.45) is 5.41 Å². The molecule has 0 bridgehead atoms. The molecule has 2 unspecified atom stereocenters. The van der Waals surface area contributed by atoms with Crippen LogP contribution in [0.4, 0.5) is 0 Å². The summed E-state index contributed by atoms with van der Waals surface area (Å²) in [6.45, 7) is 6.01. The van der Waals surface area contributed by atoms with Gasteiger partial charge >= 0.3 is 0 Å². The third-order valence-electron chi connectivity index (χ3n) is 4.29. The van der Waals surface area contributed by atoms with Crippen molar-refractivity contribution in [3.8, 4) is 0 Å². The molecule has 0 aromatic rings. The molecule has 1 amide bonds. The molecule has 3 N–H and O–H groups in total. The lowest BCUT2D eigenvalue weighted by molar-refractivity contribution is -0.136. The van der Waals surface area contributed by atoms with E-state index in [9.17, 15) is 9.90 Å². The quantitative estimate of drug-likeness (QED) is 0.664. The van der Waals surface area contributed by atoms with Crippen LogP contribution < -0.4 is 10.6 Å². The summed E-state index contributed by atoms with van der Waals surface area (Å²) in [4.78, 5) is 11.7. The Bertz CT molecular complexity index is 301.